The molecule has 4 N–H and O–H groups in total. The molecule has 0 spiro atoms. The standard InChI is InChI=1S/C27H25F3N8O3S/c1-2-41-22-10-5-18(13-23(22)42(31,39)40)20-8-9-21-24(35-20)25(34-15-27(28,29)30)37-26(36-21)33-14-17-3-6-19(7-4-17)38-12-11-32-16-38/h3-13,16H,2,14-15H2,1H3,(H2,31,39,40)(H2,33,34,36,37). The Hall–Kier alpha value is -4.76. The van der Waals surface area contributed by atoms with Crippen molar-refractivity contribution in [1.29, 1.82) is 0 Å². The number of primary sulfonamides is 1. The Bertz CT molecular complexity index is 1810. The lowest BCUT2D eigenvalue weighted by molar-refractivity contribution is -0.115. The minimum absolute atomic E-state index is 0.0676. The number of rotatable bonds is 10. The molecule has 5 rings (SSSR count). The molecule has 0 aliphatic rings. The van der Waals surface area contributed by atoms with Crippen molar-refractivity contribution in [1.82, 2.24) is 24.5 Å². The molecule has 42 heavy (non-hydrogen) atoms. The van der Waals surface area contributed by atoms with Crippen LogP contribution >= 0.6 is 0 Å². The maximum Gasteiger partial charge on any atom is 0.405 e. The van der Waals surface area contributed by atoms with Crippen molar-refractivity contribution in [2.75, 3.05) is 23.8 Å². The van der Waals surface area contributed by atoms with Crippen molar-refractivity contribution >= 4 is 32.8 Å². The SMILES string of the molecule is CCOc1ccc(-c2ccc3nc(NCc4ccc(-n5ccnc5)cc4)nc(NCC(F)(F)F)c3n2)cc1S(N)(=O)=O. The van der Waals surface area contributed by atoms with E-state index in [1.807, 2.05) is 35.0 Å². The van der Waals surface area contributed by atoms with Gasteiger partial charge >= 0.3 is 6.18 Å². The molecule has 3 heterocycles. The van der Waals surface area contributed by atoms with Crippen LogP contribution in [0.15, 0.2) is 78.2 Å². The molecule has 0 unspecified atom stereocenters. The van der Waals surface area contributed by atoms with E-state index in [9.17, 15) is 21.6 Å². The predicted octanol–water partition coefficient (Wildman–Crippen LogP) is 4.51. The highest BCUT2D eigenvalue weighted by Crippen LogP contribution is 2.31. The third-order valence-electron chi connectivity index (χ3n) is 6.03. The van der Waals surface area contributed by atoms with Gasteiger partial charge in [-0.1, -0.05) is 12.1 Å². The molecule has 0 aliphatic heterocycles. The first-order valence-electron chi connectivity index (χ1n) is 12.6. The first-order chi connectivity index (χ1) is 20.0. The first-order valence-corrected chi connectivity index (χ1v) is 14.2. The summed E-state index contributed by atoms with van der Waals surface area (Å²) in [4.78, 5) is 16.9. The zero-order chi connectivity index (χ0) is 29.9. The fourth-order valence-electron chi connectivity index (χ4n) is 4.10. The van der Waals surface area contributed by atoms with Gasteiger partial charge in [0, 0.05) is 30.2 Å². The van der Waals surface area contributed by atoms with Gasteiger partial charge in [-0.15, -0.1) is 0 Å². The molecular formula is C27H25F3N8O3S. The van der Waals surface area contributed by atoms with Gasteiger partial charge in [0.05, 0.1) is 24.1 Å². The Morgan fingerprint density at radius 3 is 2.45 bits per heavy atom. The van der Waals surface area contributed by atoms with Crippen molar-refractivity contribution in [3.63, 3.8) is 0 Å². The summed E-state index contributed by atoms with van der Waals surface area (Å²) in [6, 6.07) is 15.1. The number of imidazole rings is 1. The number of anilines is 2. The lowest BCUT2D eigenvalue weighted by Gasteiger charge is -2.14. The highest BCUT2D eigenvalue weighted by atomic mass is 32.2. The van der Waals surface area contributed by atoms with E-state index in [-0.39, 0.29) is 45.7 Å². The molecule has 0 bridgehead atoms. The third-order valence-corrected chi connectivity index (χ3v) is 6.97. The van der Waals surface area contributed by atoms with E-state index in [1.165, 1.54) is 12.1 Å². The quantitative estimate of drug-likeness (QED) is 0.211. The number of fused-ring (bicyclic) bond motifs is 1. The lowest BCUT2D eigenvalue weighted by Crippen LogP contribution is -2.22. The molecule has 0 saturated heterocycles. The van der Waals surface area contributed by atoms with Crippen LogP contribution in [0.3, 0.4) is 0 Å². The summed E-state index contributed by atoms with van der Waals surface area (Å²) >= 11 is 0. The summed E-state index contributed by atoms with van der Waals surface area (Å²) in [5, 5.41) is 10.7. The number of pyridine rings is 1. The maximum absolute atomic E-state index is 13.1. The normalized spacial score (nSPS) is 11.9. The number of sulfonamides is 1. The molecule has 2 aromatic carbocycles. The van der Waals surface area contributed by atoms with Crippen LogP contribution in [-0.4, -0.2) is 52.2 Å². The van der Waals surface area contributed by atoms with Crippen LogP contribution in [-0.2, 0) is 16.6 Å². The summed E-state index contributed by atoms with van der Waals surface area (Å²) < 4.78 is 70.9. The third kappa shape index (κ3) is 6.75. The Balaban J connectivity index is 1.46. The molecule has 5 aromatic rings. The van der Waals surface area contributed by atoms with Gasteiger partial charge in [0.2, 0.25) is 16.0 Å². The average molecular weight is 599 g/mol. The molecule has 0 saturated carbocycles. The maximum atomic E-state index is 13.1. The molecule has 0 radical (unpaired) electrons. The highest BCUT2D eigenvalue weighted by molar-refractivity contribution is 7.89. The second-order valence-electron chi connectivity index (χ2n) is 9.06. The average Bonchev–Trinajstić information content (AvgIpc) is 3.49. The van der Waals surface area contributed by atoms with E-state index in [2.05, 4.69) is 30.6 Å². The van der Waals surface area contributed by atoms with Crippen molar-refractivity contribution in [3.8, 4) is 22.7 Å². The monoisotopic (exact) mass is 598 g/mol. The summed E-state index contributed by atoms with van der Waals surface area (Å²) in [5.41, 5.74) is 2.77. The van der Waals surface area contributed by atoms with E-state index >= 15 is 0 Å². The minimum Gasteiger partial charge on any atom is -0.492 e. The zero-order valence-corrected chi connectivity index (χ0v) is 22.9. The van der Waals surface area contributed by atoms with E-state index < -0.39 is 22.7 Å². The number of hydrogen-bond acceptors (Lipinski definition) is 9. The number of benzene rings is 2. The number of nitrogens with zero attached hydrogens (tertiary/aromatic N) is 5. The molecule has 11 nitrogen and oxygen atoms in total. The molecule has 218 valence electrons. The highest BCUT2D eigenvalue weighted by Gasteiger charge is 2.27. The van der Waals surface area contributed by atoms with E-state index in [0.29, 0.717) is 12.1 Å². The predicted molar refractivity (Wildman–Crippen MR) is 151 cm³/mol. The number of nitrogens with one attached hydrogen (secondary N) is 2. The molecule has 0 fully saturated rings. The fraction of sp³-hybridized carbons (Fsp3) is 0.185. The van der Waals surface area contributed by atoms with Crippen LogP contribution in [0.2, 0.25) is 0 Å². The van der Waals surface area contributed by atoms with Crippen LogP contribution in [0, 0.1) is 0 Å². The number of hydrogen-bond donors (Lipinski definition) is 3. The molecule has 0 atom stereocenters. The zero-order valence-electron chi connectivity index (χ0n) is 22.1. The number of alkyl halides is 3. The van der Waals surface area contributed by atoms with Gasteiger partial charge in [0.25, 0.3) is 0 Å². The number of nitrogens with two attached hydrogens (primary N) is 1. The Morgan fingerprint density at radius 1 is 1.00 bits per heavy atom. The largest absolute Gasteiger partial charge is 0.492 e. The number of ether oxygens (including phenoxy) is 1. The summed E-state index contributed by atoms with van der Waals surface area (Å²) in [7, 11) is -4.14. The van der Waals surface area contributed by atoms with E-state index in [4.69, 9.17) is 9.88 Å². The van der Waals surface area contributed by atoms with Crippen LogP contribution in [0.25, 0.3) is 28.0 Å². The Labute approximate surface area is 238 Å². The molecular weight excluding hydrogens is 573 g/mol. The molecule has 0 aliphatic carbocycles. The van der Waals surface area contributed by atoms with Gasteiger partial charge in [0.15, 0.2) is 5.82 Å². The van der Waals surface area contributed by atoms with Gasteiger partial charge in [-0.3, -0.25) is 0 Å². The van der Waals surface area contributed by atoms with E-state index in [1.54, 1.807) is 37.6 Å². The second-order valence-corrected chi connectivity index (χ2v) is 10.6. The van der Waals surface area contributed by atoms with Gasteiger partial charge in [-0.05, 0) is 55.0 Å². The summed E-state index contributed by atoms with van der Waals surface area (Å²) in [5.74, 6) is 0.0280. The van der Waals surface area contributed by atoms with Gasteiger partial charge in [0.1, 0.15) is 22.7 Å². The minimum atomic E-state index is -4.51. The van der Waals surface area contributed by atoms with Gasteiger partial charge < -0.3 is 19.9 Å². The van der Waals surface area contributed by atoms with Crippen molar-refractivity contribution in [2.24, 2.45) is 5.14 Å². The fourth-order valence-corrected chi connectivity index (χ4v) is 4.80. The Morgan fingerprint density at radius 2 is 1.79 bits per heavy atom. The summed E-state index contributed by atoms with van der Waals surface area (Å²) in [6.07, 6.45) is 0.660. The van der Waals surface area contributed by atoms with Gasteiger partial charge in [-0.2, -0.15) is 18.2 Å². The molecule has 15 heteroatoms. The van der Waals surface area contributed by atoms with Crippen molar-refractivity contribution in [3.05, 3.63) is 78.9 Å². The van der Waals surface area contributed by atoms with Crippen LogP contribution in [0.4, 0.5) is 24.9 Å². The van der Waals surface area contributed by atoms with E-state index in [0.717, 1.165) is 11.3 Å². The molecule has 0 amide bonds. The van der Waals surface area contributed by atoms with Crippen LogP contribution in [0.1, 0.15) is 12.5 Å². The topological polar surface area (TPSA) is 150 Å². The smallest absolute Gasteiger partial charge is 0.405 e. The van der Waals surface area contributed by atoms with Crippen molar-refractivity contribution in [2.45, 2.75) is 24.5 Å². The molecule has 3 aromatic heterocycles. The first kappa shape index (κ1) is 28.8. The van der Waals surface area contributed by atoms with Crippen LogP contribution in [0.5, 0.6) is 5.75 Å². The number of aromatic nitrogens is 5. The van der Waals surface area contributed by atoms with Crippen LogP contribution < -0.4 is 20.5 Å². The second kappa shape index (κ2) is 11.6. The number of halogens is 3. The Kier molecular flexibility index (Phi) is 7.95. The van der Waals surface area contributed by atoms with Gasteiger partial charge in [-0.25, -0.2) is 28.5 Å². The lowest BCUT2D eigenvalue weighted by atomic mass is 10.1. The van der Waals surface area contributed by atoms with Crippen molar-refractivity contribution < 1.29 is 26.3 Å². The summed E-state index contributed by atoms with van der Waals surface area (Å²) in [6.45, 7) is 0.874.